The lowest BCUT2D eigenvalue weighted by Gasteiger charge is -2.29. The summed E-state index contributed by atoms with van der Waals surface area (Å²) in [6.07, 6.45) is 6.99. The summed E-state index contributed by atoms with van der Waals surface area (Å²) >= 11 is 0. The van der Waals surface area contributed by atoms with Crippen LogP contribution < -0.4 is 16.0 Å². The van der Waals surface area contributed by atoms with Crippen molar-refractivity contribution in [2.45, 2.75) is 18.9 Å². The Morgan fingerprint density at radius 1 is 1.10 bits per heavy atom. The molecule has 0 atom stereocenters. The number of anilines is 3. The van der Waals surface area contributed by atoms with Crippen molar-refractivity contribution in [2.24, 2.45) is 4.99 Å². The minimum absolute atomic E-state index is 0.225. The van der Waals surface area contributed by atoms with Crippen molar-refractivity contribution in [1.29, 1.82) is 0 Å². The molecular formula is C19H26N8O2. The Hall–Kier alpha value is -2.85. The fourth-order valence-electron chi connectivity index (χ4n) is 3.44. The number of nitrogen functional groups attached to an aromatic ring is 1. The van der Waals surface area contributed by atoms with Gasteiger partial charge in [0.25, 0.3) is 0 Å². The van der Waals surface area contributed by atoms with E-state index in [0.29, 0.717) is 19.2 Å². The molecule has 154 valence electrons. The van der Waals surface area contributed by atoms with E-state index in [0.717, 1.165) is 61.8 Å². The molecule has 2 saturated heterocycles. The van der Waals surface area contributed by atoms with Crippen LogP contribution in [-0.4, -0.2) is 78.8 Å². The fourth-order valence-corrected chi connectivity index (χ4v) is 3.44. The third kappa shape index (κ3) is 4.60. The van der Waals surface area contributed by atoms with Crippen LogP contribution in [0, 0.1) is 0 Å². The Morgan fingerprint density at radius 2 is 1.79 bits per heavy atom. The predicted octanol–water partition coefficient (Wildman–Crippen LogP) is 0.992. The second kappa shape index (κ2) is 9.10. The number of nitrogens with zero attached hydrogens (tertiary/aromatic N) is 6. The average molecular weight is 398 g/mol. The largest absolute Gasteiger partial charge is 0.381 e. The van der Waals surface area contributed by atoms with E-state index in [2.05, 4.69) is 25.2 Å². The van der Waals surface area contributed by atoms with Gasteiger partial charge in [0.05, 0.1) is 24.5 Å². The number of morpholine rings is 1. The lowest BCUT2D eigenvalue weighted by Crippen LogP contribution is -2.38. The molecule has 10 nitrogen and oxygen atoms in total. The van der Waals surface area contributed by atoms with Crippen molar-refractivity contribution in [3.05, 3.63) is 18.0 Å². The van der Waals surface area contributed by atoms with Gasteiger partial charge in [-0.1, -0.05) is 0 Å². The summed E-state index contributed by atoms with van der Waals surface area (Å²) in [5, 5.41) is 3.59. The van der Waals surface area contributed by atoms with E-state index in [9.17, 15) is 0 Å². The number of nitrogens with two attached hydrogens (primary N) is 1. The van der Waals surface area contributed by atoms with E-state index < -0.39 is 0 Å². The average Bonchev–Trinajstić information content (AvgIpc) is 2.77. The van der Waals surface area contributed by atoms with Gasteiger partial charge >= 0.3 is 0 Å². The molecule has 29 heavy (non-hydrogen) atoms. The first-order valence-electron chi connectivity index (χ1n) is 9.83. The molecule has 10 heteroatoms. The molecule has 0 spiro atoms. The Kier molecular flexibility index (Phi) is 6.11. The van der Waals surface area contributed by atoms with Gasteiger partial charge in [-0.3, -0.25) is 4.99 Å². The van der Waals surface area contributed by atoms with Crippen LogP contribution in [0.3, 0.4) is 0 Å². The maximum absolute atomic E-state index is 5.67. The predicted molar refractivity (Wildman–Crippen MR) is 111 cm³/mol. The summed E-state index contributed by atoms with van der Waals surface area (Å²) < 4.78 is 11.0. The van der Waals surface area contributed by atoms with E-state index in [1.807, 2.05) is 0 Å². The van der Waals surface area contributed by atoms with Gasteiger partial charge in [-0.15, -0.1) is 0 Å². The third-order valence-corrected chi connectivity index (χ3v) is 4.99. The van der Waals surface area contributed by atoms with Gasteiger partial charge in [0, 0.05) is 63.6 Å². The summed E-state index contributed by atoms with van der Waals surface area (Å²) in [6.45, 7) is 4.30. The molecule has 0 amide bonds. The highest BCUT2D eigenvalue weighted by atomic mass is 16.5. The van der Waals surface area contributed by atoms with Gasteiger partial charge < -0.3 is 25.4 Å². The summed E-state index contributed by atoms with van der Waals surface area (Å²) in [5.41, 5.74) is 7.97. The monoisotopic (exact) mass is 398 g/mol. The highest BCUT2D eigenvalue weighted by molar-refractivity contribution is 5.94. The van der Waals surface area contributed by atoms with Crippen molar-refractivity contribution in [1.82, 2.24) is 19.9 Å². The van der Waals surface area contributed by atoms with E-state index in [1.165, 1.54) is 0 Å². The molecule has 4 rings (SSSR count). The van der Waals surface area contributed by atoms with Crippen LogP contribution in [-0.2, 0) is 9.47 Å². The van der Waals surface area contributed by atoms with Crippen molar-refractivity contribution in [2.75, 3.05) is 62.5 Å². The topological polar surface area (TPSA) is 124 Å². The molecule has 2 aromatic heterocycles. The van der Waals surface area contributed by atoms with Gasteiger partial charge in [-0.05, 0) is 12.8 Å². The van der Waals surface area contributed by atoms with Crippen LogP contribution in [0.15, 0.2) is 17.4 Å². The van der Waals surface area contributed by atoms with Crippen LogP contribution >= 0.6 is 0 Å². The summed E-state index contributed by atoms with van der Waals surface area (Å²) in [4.78, 5) is 24.4. The smallest absolute Gasteiger partial charge is 0.228 e. The molecule has 3 N–H and O–H groups in total. The zero-order chi connectivity index (χ0) is 20.1. The van der Waals surface area contributed by atoms with Crippen LogP contribution in [0.2, 0.25) is 0 Å². The van der Waals surface area contributed by atoms with Crippen LogP contribution in [0.4, 0.5) is 17.7 Å². The fraction of sp³-hybridized carbons (Fsp3) is 0.526. The van der Waals surface area contributed by atoms with Crippen molar-refractivity contribution < 1.29 is 9.47 Å². The zero-order valence-electron chi connectivity index (χ0n) is 16.5. The number of rotatable bonds is 5. The van der Waals surface area contributed by atoms with Crippen LogP contribution in [0.5, 0.6) is 0 Å². The molecule has 0 aromatic carbocycles. The maximum Gasteiger partial charge on any atom is 0.228 e. The van der Waals surface area contributed by atoms with Gasteiger partial charge in [-0.25, -0.2) is 15.0 Å². The number of ether oxygens (including phenoxy) is 2. The van der Waals surface area contributed by atoms with Gasteiger partial charge in [0.2, 0.25) is 11.9 Å². The first kappa shape index (κ1) is 19.5. The maximum atomic E-state index is 5.67. The number of nitrogens with one attached hydrogen (secondary N) is 1. The first-order valence-corrected chi connectivity index (χ1v) is 9.83. The summed E-state index contributed by atoms with van der Waals surface area (Å²) in [6, 6.07) is 0.288. The minimum Gasteiger partial charge on any atom is -0.381 e. The van der Waals surface area contributed by atoms with Gasteiger partial charge in [-0.2, -0.15) is 4.98 Å². The number of aliphatic imine (C=N–C) groups is 1. The van der Waals surface area contributed by atoms with E-state index in [-0.39, 0.29) is 12.0 Å². The second-order valence-corrected chi connectivity index (χ2v) is 6.98. The Morgan fingerprint density at radius 3 is 2.48 bits per heavy atom. The highest BCUT2D eigenvalue weighted by Gasteiger charge is 2.23. The molecule has 0 aliphatic carbocycles. The summed E-state index contributed by atoms with van der Waals surface area (Å²) in [7, 11) is 1.73. The lowest BCUT2D eigenvalue weighted by atomic mass is 10.1. The second-order valence-electron chi connectivity index (χ2n) is 6.98. The van der Waals surface area contributed by atoms with Crippen LogP contribution in [0.1, 0.15) is 18.4 Å². The molecular weight excluding hydrogens is 372 g/mol. The van der Waals surface area contributed by atoms with Gasteiger partial charge in [0.15, 0.2) is 0 Å². The minimum atomic E-state index is 0.225. The quantitative estimate of drug-likeness (QED) is 0.710. The highest BCUT2D eigenvalue weighted by Crippen LogP contribution is 2.29. The van der Waals surface area contributed by atoms with E-state index in [1.54, 1.807) is 25.7 Å². The van der Waals surface area contributed by atoms with Crippen molar-refractivity contribution in [3.63, 3.8) is 0 Å². The van der Waals surface area contributed by atoms with E-state index >= 15 is 0 Å². The van der Waals surface area contributed by atoms with Crippen LogP contribution in [0.25, 0.3) is 11.3 Å². The summed E-state index contributed by atoms with van der Waals surface area (Å²) in [5.74, 6) is 1.64. The first-order chi connectivity index (χ1) is 14.2. The normalized spacial score (nSPS) is 18.3. The molecule has 0 bridgehead atoms. The molecule has 2 aliphatic heterocycles. The van der Waals surface area contributed by atoms with Gasteiger partial charge in [0.1, 0.15) is 5.82 Å². The molecule has 0 unspecified atom stereocenters. The Labute approximate surface area is 169 Å². The standard InChI is InChI=1S/C19H26N8O2/c1-21-12-15-16(13-10-22-18(20)23-11-13)25-19(27-4-8-29-9-5-27)26-17(15)24-14-2-6-28-7-3-14/h10-12,14H,2-9H2,1H3,(H2,20,22,23)(H,24,25,26). The number of hydrogen-bond acceptors (Lipinski definition) is 10. The number of aromatic nitrogens is 4. The molecule has 0 saturated carbocycles. The molecule has 2 aromatic rings. The van der Waals surface area contributed by atoms with Crippen molar-refractivity contribution in [3.8, 4) is 11.3 Å². The molecule has 2 aliphatic rings. The van der Waals surface area contributed by atoms with E-state index in [4.69, 9.17) is 25.2 Å². The number of hydrogen-bond donors (Lipinski definition) is 2. The molecule has 0 radical (unpaired) electrons. The molecule has 4 heterocycles. The van der Waals surface area contributed by atoms with Crippen molar-refractivity contribution >= 4 is 23.9 Å². The third-order valence-electron chi connectivity index (χ3n) is 4.99. The zero-order valence-corrected chi connectivity index (χ0v) is 16.5. The lowest BCUT2D eigenvalue weighted by molar-refractivity contribution is 0.0904. The SMILES string of the molecule is CN=Cc1c(NC2CCOCC2)nc(N2CCOCC2)nc1-c1cnc(N)nc1. The Bertz CT molecular complexity index is 846. The molecule has 2 fully saturated rings. The Balaban J connectivity index is 1.79.